The minimum absolute atomic E-state index is 0.137. The Kier molecular flexibility index (Phi) is 4.29. The van der Waals surface area contributed by atoms with Gasteiger partial charge in [-0.15, -0.1) is 0 Å². The third-order valence-electron chi connectivity index (χ3n) is 3.10. The molecule has 0 unspecified atom stereocenters. The lowest BCUT2D eigenvalue weighted by Crippen LogP contribution is -2.40. The van der Waals surface area contributed by atoms with Gasteiger partial charge >= 0.3 is 0 Å². The first kappa shape index (κ1) is 14.8. The number of aryl methyl sites for hydroxylation is 1. The molecule has 1 aliphatic rings. The summed E-state index contributed by atoms with van der Waals surface area (Å²) in [5, 5.41) is 2.59. The van der Waals surface area contributed by atoms with Gasteiger partial charge in [0.15, 0.2) is 0 Å². The molecule has 7 heteroatoms. The van der Waals surface area contributed by atoms with E-state index >= 15 is 0 Å². The van der Waals surface area contributed by atoms with Gasteiger partial charge in [-0.1, -0.05) is 0 Å². The van der Waals surface area contributed by atoms with Crippen molar-refractivity contribution < 1.29 is 17.9 Å². The molecule has 1 aromatic rings. The molecule has 1 aromatic carbocycles. The highest BCUT2D eigenvalue weighted by atomic mass is 32.2. The molecule has 1 heterocycles. The zero-order valence-electron chi connectivity index (χ0n) is 11.5. The Morgan fingerprint density at radius 3 is 2.75 bits per heavy atom. The van der Waals surface area contributed by atoms with Crippen LogP contribution in [0.4, 0.5) is 0 Å². The van der Waals surface area contributed by atoms with E-state index in [4.69, 9.17) is 4.74 Å². The Bertz CT molecular complexity index is 613. The molecule has 6 nitrogen and oxygen atoms in total. The van der Waals surface area contributed by atoms with E-state index in [1.807, 2.05) is 6.92 Å². The number of nitrogens with one attached hydrogen (secondary N) is 2. The molecular weight excluding hydrogens is 280 g/mol. The van der Waals surface area contributed by atoms with Gasteiger partial charge in [0.05, 0.1) is 11.5 Å². The largest absolute Gasteiger partial charge is 0.494 e. The van der Waals surface area contributed by atoms with Crippen LogP contribution in [0.5, 0.6) is 5.75 Å². The van der Waals surface area contributed by atoms with Crippen molar-refractivity contribution in [3.05, 3.63) is 23.8 Å². The van der Waals surface area contributed by atoms with Crippen LogP contribution >= 0.6 is 0 Å². The fourth-order valence-corrected chi connectivity index (χ4v) is 3.38. The van der Waals surface area contributed by atoms with Crippen LogP contribution in [0.2, 0.25) is 0 Å². The van der Waals surface area contributed by atoms with E-state index in [0.717, 1.165) is 5.56 Å². The summed E-state index contributed by atoms with van der Waals surface area (Å²) in [6, 6.07) is 3.96. The van der Waals surface area contributed by atoms with Gasteiger partial charge in [-0.05, 0) is 44.0 Å². The standard InChI is InChI=1S/C13H18N2O4S/c1-3-19-12-5-4-10(8-9(12)2)20(17,18)15-11-6-7-14-13(11)16/h4-5,8,11,15H,3,6-7H2,1-2H3,(H,14,16)/t11-/m0/s1. The number of benzene rings is 1. The van der Waals surface area contributed by atoms with Crippen LogP contribution < -0.4 is 14.8 Å². The average molecular weight is 298 g/mol. The van der Waals surface area contributed by atoms with E-state index in [9.17, 15) is 13.2 Å². The summed E-state index contributed by atoms with van der Waals surface area (Å²) in [7, 11) is -3.70. The minimum Gasteiger partial charge on any atom is -0.494 e. The van der Waals surface area contributed by atoms with Gasteiger partial charge in [-0.3, -0.25) is 4.79 Å². The first-order valence-corrected chi connectivity index (χ1v) is 7.96. The van der Waals surface area contributed by atoms with Gasteiger partial charge in [0.1, 0.15) is 11.8 Å². The van der Waals surface area contributed by atoms with Crippen LogP contribution in [-0.2, 0) is 14.8 Å². The molecule has 0 aliphatic carbocycles. The molecule has 2 N–H and O–H groups in total. The number of hydrogen-bond donors (Lipinski definition) is 2. The van der Waals surface area contributed by atoms with E-state index in [1.165, 1.54) is 6.07 Å². The molecule has 0 radical (unpaired) electrons. The van der Waals surface area contributed by atoms with Crippen molar-refractivity contribution in [2.24, 2.45) is 0 Å². The maximum absolute atomic E-state index is 12.2. The van der Waals surface area contributed by atoms with E-state index < -0.39 is 16.1 Å². The van der Waals surface area contributed by atoms with Crippen LogP contribution in [0, 0.1) is 6.92 Å². The van der Waals surface area contributed by atoms with Crippen LogP contribution in [-0.4, -0.2) is 33.5 Å². The summed E-state index contributed by atoms with van der Waals surface area (Å²) in [6.45, 7) is 4.67. The summed E-state index contributed by atoms with van der Waals surface area (Å²) >= 11 is 0. The monoisotopic (exact) mass is 298 g/mol. The number of sulfonamides is 1. The molecule has 0 aromatic heterocycles. The molecule has 20 heavy (non-hydrogen) atoms. The van der Waals surface area contributed by atoms with Crippen molar-refractivity contribution in [2.45, 2.75) is 31.2 Å². The first-order valence-electron chi connectivity index (χ1n) is 6.47. The Labute approximate surface area is 118 Å². The molecule has 0 spiro atoms. The molecule has 0 bridgehead atoms. The van der Waals surface area contributed by atoms with Gasteiger partial charge in [0.2, 0.25) is 15.9 Å². The molecule has 0 saturated carbocycles. The summed E-state index contributed by atoms with van der Waals surface area (Å²) in [4.78, 5) is 11.6. The average Bonchev–Trinajstić information content (AvgIpc) is 2.77. The molecule has 2 rings (SSSR count). The lowest BCUT2D eigenvalue weighted by atomic mass is 10.2. The Hall–Kier alpha value is -1.60. The summed E-state index contributed by atoms with van der Waals surface area (Å²) in [6.07, 6.45) is 0.466. The van der Waals surface area contributed by atoms with Crippen LogP contribution in [0.1, 0.15) is 18.9 Å². The second-order valence-electron chi connectivity index (χ2n) is 4.61. The number of ether oxygens (including phenoxy) is 1. The molecule has 1 atom stereocenters. The van der Waals surface area contributed by atoms with E-state index in [1.54, 1.807) is 19.1 Å². The lowest BCUT2D eigenvalue weighted by Gasteiger charge is -2.13. The predicted octanol–water partition coefficient (Wildman–Crippen LogP) is 0.561. The van der Waals surface area contributed by atoms with Gasteiger partial charge in [-0.2, -0.15) is 4.72 Å². The highest BCUT2D eigenvalue weighted by Crippen LogP contribution is 2.22. The van der Waals surface area contributed by atoms with Gasteiger partial charge in [0.25, 0.3) is 0 Å². The van der Waals surface area contributed by atoms with Crippen LogP contribution in [0.3, 0.4) is 0 Å². The Morgan fingerprint density at radius 2 is 2.20 bits per heavy atom. The van der Waals surface area contributed by atoms with Crippen LogP contribution in [0.25, 0.3) is 0 Å². The normalized spacial score (nSPS) is 18.9. The van der Waals surface area contributed by atoms with Crippen molar-refractivity contribution in [1.82, 2.24) is 10.0 Å². The van der Waals surface area contributed by atoms with Crippen molar-refractivity contribution in [3.8, 4) is 5.75 Å². The van der Waals surface area contributed by atoms with E-state index in [-0.39, 0.29) is 10.8 Å². The molecule has 1 fully saturated rings. The zero-order chi connectivity index (χ0) is 14.8. The van der Waals surface area contributed by atoms with Crippen molar-refractivity contribution in [1.29, 1.82) is 0 Å². The first-order chi connectivity index (χ1) is 9.44. The van der Waals surface area contributed by atoms with Crippen molar-refractivity contribution in [3.63, 3.8) is 0 Å². The Balaban J connectivity index is 2.21. The van der Waals surface area contributed by atoms with Gasteiger partial charge < -0.3 is 10.1 Å². The maximum atomic E-state index is 12.2. The topological polar surface area (TPSA) is 84.5 Å². The van der Waals surface area contributed by atoms with E-state index in [0.29, 0.717) is 25.3 Å². The third-order valence-corrected chi connectivity index (χ3v) is 4.57. The molecular formula is C13H18N2O4S. The second kappa shape index (κ2) is 5.80. The fraction of sp³-hybridized carbons (Fsp3) is 0.462. The van der Waals surface area contributed by atoms with Gasteiger partial charge in [-0.25, -0.2) is 8.42 Å². The molecule has 1 amide bonds. The fourth-order valence-electron chi connectivity index (χ4n) is 2.07. The molecule has 1 saturated heterocycles. The highest BCUT2D eigenvalue weighted by Gasteiger charge is 2.29. The Morgan fingerprint density at radius 1 is 1.45 bits per heavy atom. The molecule has 110 valence electrons. The van der Waals surface area contributed by atoms with E-state index in [2.05, 4.69) is 10.0 Å². The van der Waals surface area contributed by atoms with Crippen molar-refractivity contribution >= 4 is 15.9 Å². The van der Waals surface area contributed by atoms with Crippen LogP contribution in [0.15, 0.2) is 23.1 Å². The second-order valence-corrected chi connectivity index (χ2v) is 6.33. The summed E-state index contributed by atoms with van der Waals surface area (Å²) in [5.41, 5.74) is 0.741. The molecule has 1 aliphatic heterocycles. The zero-order valence-corrected chi connectivity index (χ0v) is 12.3. The smallest absolute Gasteiger partial charge is 0.241 e. The van der Waals surface area contributed by atoms with Gasteiger partial charge in [0, 0.05) is 6.54 Å². The summed E-state index contributed by atoms with van der Waals surface area (Å²) < 4.78 is 32.2. The highest BCUT2D eigenvalue weighted by molar-refractivity contribution is 7.89. The SMILES string of the molecule is CCOc1ccc(S(=O)(=O)N[C@H]2CCNC2=O)cc1C. The summed E-state index contributed by atoms with van der Waals surface area (Å²) in [5.74, 6) is 0.376. The number of hydrogen-bond acceptors (Lipinski definition) is 4. The minimum atomic E-state index is -3.70. The third kappa shape index (κ3) is 3.10. The quantitative estimate of drug-likeness (QED) is 0.832. The number of amides is 1. The number of carbonyl (C=O) groups is 1. The predicted molar refractivity (Wildman–Crippen MR) is 74.1 cm³/mol. The number of carbonyl (C=O) groups excluding carboxylic acids is 1. The number of rotatable bonds is 5. The maximum Gasteiger partial charge on any atom is 0.241 e. The lowest BCUT2D eigenvalue weighted by molar-refractivity contribution is -0.120. The van der Waals surface area contributed by atoms with Crippen molar-refractivity contribution in [2.75, 3.05) is 13.2 Å².